The van der Waals surface area contributed by atoms with Crippen LogP contribution in [-0.2, 0) is 23.8 Å². The van der Waals surface area contributed by atoms with E-state index in [9.17, 15) is 14.7 Å². The number of phenols is 1. The summed E-state index contributed by atoms with van der Waals surface area (Å²) in [5, 5.41) is 10.4. The largest absolute Gasteiger partial charge is 0.508 e. The van der Waals surface area contributed by atoms with E-state index in [0.717, 1.165) is 0 Å². The number of methoxy groups -OCH3 is 2. The van der Waals surface area contributed by atoms with Crippen LogP contribution in [0.5, 0.6) is 5.75 Å². The fraction of sp³-hybridized carbons (Fsp3) is 0.579. The molecule has 0 aliphatic carbocycles. The van der Waals surface area contributed by atoms with Crippen LogP contribution in [0.4, 0.5) is 5.69 Å². The van der Waals surface area contributed by atoms with Gasteiger partial charge in [0.2, 0.25) is 5.91 Å². The van der Waals surface area contributed by atoms with E-state index >= 15 is 0 Å². The highest BCUT2D eigenvalue weighted by Gasteiger charge is 2.61. The topological polar surface area (TPSA) is 85.3 Å². The number of phenolic OH excluding ortho intramolecular Hbond substituents is 1. The Bertz CT molecular complexity index is 693. The molecule has 0 aromatic heterocycles. The lowest BCUT2D eigenvalue weighted by Gasteiger charge is -2.47. The SMILES string of the molecule is CCOC(=O)[C@]1(CCBr)C(=O)N(CC)c2cc(O)ccc2[C@@H]1C(OC)OC. The van der Waals surface area contributed by atoms with Gasteiger partial charge in [-0.05, 0) is 31.9 Å². The predicted octanol–water partition coefficient (Wildman–Crippen LogP) is 2.80. The summed E-state index contributed by atoms with van der Waals surface area (Å²) < 4.78 is 16.3. The van der Waals surface area contributed by atoms with Crippen molar-refractivity contribution >= 4 is 33.5 Å². The molecule has 0 bridgehead atoms. The minimum atomic E-state index is -1.50. The van der Waals surface area contributed by atoms with Gasteiger partial charge in [0.15, 0.2) is 11.7 Å². The van der Waals surface area contributed by atoms with Crippen molar-refractivity contribution in [2.24, 2.45) is 5.41 Å². The number of fused-ring (bicyclic) bond motifs is 1. The van der Waals surface area contributed by atoms with Crippen molar-refractivity contribution in [3.8, 4) is 5.75 Å². The Labute approximate surface area is 167 Å². The van der Waals surface area contributed by atoms with E-state index in [4.69, 9.17) is 14.2 Å². The van der Waals surface area contributed by atoms with E-state index in [0.29, 0.717) is 23.1 Å². The van der Waals surface area contributed by atoms with Crippen LogP contribution in [0, 0.1) is 5.41 Å². The Morgan fingerprint density at radius 2 is 2.00 bits per heavy atom. The van der Waals surface area contributed by atoms with Crippen LogP contribution < -0.4 is 4.90 Å². The number of anilines is 1. The summed E-state index contributed by atoms with van der Waals surface area (Å²) in [6.07, 6.45) is -0.630. The monoisotopic (exact) mass is 443 g/mol. The summed E-state index contributed by atoms with van der Waals surface area (Å²) in [5.74, 6) is -1.68. The summed E-state index contributed by atoms with van der Waals surface area (Å²) in [6, 6.07) is 4.76. The maximum Gasteiger partial charge on any atom is 0.322 e. The molecule has 1 aromatic rings. The number of esters is 1. The molecular formula is C19H26BrNO6. The van der Waals surface area contributed by atoms with Crippen LogP contribution in [-0.4, -0.2) is 56.0 Å². The molecule has 0 saturated heterocycles. The van der Waals surface area contributed by atoms with Crippen molar-refractivity contribution in [2.45, 2.75) is 32.5 Å². The normalized spacial score (nSPS) is 22.1. The Hall–Kier alpha value is -1.64. The average Bonchev–Trinajstić information content (AvgIpc) is 2.65. The van der Waals surface area contributed by atoms with Gasteiger partial charge < -0.3 is 24.2 Å². The number of amides is 1. The summed E-state index contributed by atoms with van der Waals surface area (Å²) in [5.41, 5.74) is -0.269. The molecule has 1 N–H and O–H groups in total. The molecule has 2 rings (SSSR count). The molecule has 2 atom stereocenters. The lowest BCUT2D eigenvalue weighted by molar-refractivity contribution is -0.180. The summed E-state index contributed by atoms with van der Waals surface area (Å²) >= 11 is 3.38. The predicted molar refractivity (Wildman–Crippen MR) is 104 cm³/mol. The number of hydrogen-bond acceptors (Lipinski definition) is 6. The van der Waals surface area contributed by atoms with Crippen LogP contribution >= 0.6 is 15.9 Å². The quantitative estimate of drug-likeness (QED) is 0.287. The number of carbonyl (C=O) groups is 2. The number of ether oxygens (including phenoxy) is 3. The molecule has 8 heteroatoms. The number of aromatic hydroxyl groups is 1. The van der Waals surface area contributed by atoms with Crippen molar-refractivity contribution in [3.05, 3.63) is 23.8 Å². The third kappa shape index (κ3) is 3.58. The Kier molecular flexibility index (Phi) is 7.25. The van der Waals surface area contributed by atoms with Gasteiger partial charge in [-0.3, -0.25) is 9.59 Å². The maximum absolute atomic E-state index is 13.6. The van der Waals surface area contributed by atoms with Crippen LogP contribution in [0.15, 0.2) is 18.2 Å². The molecule has 1 heterocycles. The molecule has 1 amide bonds. The molecule has 1 aromatic carbocycles. The Morgan fingerprint density at radius 1 is 1.33 bits per heavy atom. The van der Waals surface area contributed by atoms with Gasteiger partial charge in [-0.25, -0.2) is 0 Å². The van der Waals surface area contributed by atoms with E-state index in [-0.39, 0.29) is 24.7 Å². The zero-order valence-corrected chi connectivity index (χ0v) is 17.6. The first-order valence-corrected chi connectivity index (χ1v) is 9.98. The highest BCUT2D eigenvalue weighted by Crippen LogP contribution is 2.53. The van der Waals surface area contributed by atoms with E-state index in [1.54, 1.807) is 13.0 Å². The second-order valence-corrected chi connectivity index (χ2v) is 7.03. The molecule has 0 saturated carbocycles. The van der Waals surface area contributed by atoms with Crippen LogP contribution in [0.3, 0.4) is 0 Å². The standard InChI is InChI=1S/C19H26BrNO6/c1-5-21-14-11-12(22)7-8-13(14)15(16(25-3)26-4)19(9-10-20,17(21)23)18(24)27-6-2/h7-8,11,15-16,22H,5-6,9-10H2,1-4H3/t15-,19+/m1/s1. The van der Waals surface area contributed by atoms with Crippen molar-refractivity contribution in [3.63, 3.8) is 0 Å². The minimum absolute atomic E-state index is 0.0364. The molecule has 0 spiro atoms. The molecular weight excluding hydrogens is 418 g/mol. The fourth-order valence-corrected chi connectivity index (χ4v) is 4.45. The lowest BCUT2D eigenvalue weighted by atomic mass is 9.65. The highest BCUT2D eigenvalue weighted by molar-refractivity contribution is 9.09. The van der Waals surface area contributed by atoms with Crippen molar-refractivity contribution in [1.82, 2.24) is 0 Å². The number of halogens is 1. The first kappa shape index (κ1) is 21.7. The van der Waals surface area contributed by atoms with Gasteiger partial charge in [-0.2, -0.15) is 0 Å². The minimum Gasteiger partial charge on any atom is -0.508 e. The average molecular weight is 444 g/mol. The van der Waals surface area contributed by atoms with Gasteiger partial charge in [0, 0.05) is 32.2 Å². The van der Waals surface area contributed by atoms with E-state index in [2.05, 4.69) is 15.9 Å². The van der Waals surface area contributed by atoms with Gasteiger partial charge in [0.1, 0.15) is 5.75 Å². The van der Waals surface area contributed by atoms with E-state index in [1.807, 2.05) is 6.92 Å². The Morgan fingerprint density at radius 3 is 2.52 bits per heavy atom. The molecule has 0 unspecified atom stereocenters. The highest BCUT2D eigenvalue weighted by atomic mass is 79.9. The zero-order valence-electron chi connectivity index (χ0n) is 16.0. The van der Waals surface area contributed by atoms with E-state index < -0.39 is 23.6 Å². The number of hydrogen-bond donors (Lipinski definition) is 1. The smallest absolute Gasteiger partial charge is 0.322 e. The molecule has 1 aliphatic heterocycles. The van der Waals surface area contributed by atoms with Gasteiger partial charge >= 0.3 is 5.97 Å². The van der Waals surface area contributed by atoms with E-state index in [1.165, 1.54) is 31.3 Å². The lowest BCUT2D eigenvalue weighted by Crippen LogP contribution is -2.59. The Balaban J connectivity index is 2.83. The number of benzene rings is 1. The van der Waals surface area contributed by atoms with Crippen molar-refractivity contribution in [1.29, 1.82) is 0 Å². The van der Waals surface area contributed by atoms with Gasteiger partial charge in [0.05, 0.1) is 18.2 Å². The second kappa shape index (κ2) is 9.03. The molecule has 0 fully saturated rings. The maximum atomic E-state index is 13.6. The van der Waals surface area contributed by atoms with Crippen molar-refractivity contribution < 1.29 is 28.9 Å². The fourth-order valence-electron chi connectivity index (χ4n) is 3.83. The number of alkyl halides is 1. The molecule has 1 aliphatic rings. The van der Waals surface area contributed by atoms with Gasteiger partial charge in [-0.1, -0.05) is 22.0 Å². The third-order valence-corrected chi connectivity index (χ3v) is 5.38. The third-order valence-electron chi connectivity index (χ3n) is 4.98. The van der Waals surface area contributed by atoms with Crippen LogP contribution in [0.25, 0.3) is 0 Å². The second-order valence-electron chi connectivity index (χ2n) is 6.24. The first-order chi connectivity index (χ1) is 12.9. The number of carbonyl (C=O) groups excluding carboxylic acids is 2. The first-order valence-electron chi connectivity index (χ1n) is 8.86. The number of nitrogens with zero attached hydrogens (tertiary/aromatic N) is 1. The number of rotatable bonds is 8. The summed E-state index contributed by atoms with van der Waals surface area (Å²) in [6.45, 7) is 4.02. The van der Waals surface area contributed by atoms with Gasteiger partial charge in [0.25, 0.3) is 0 Å². The van der Waals surface area contributed by atoms with Gasteiger partial charge in [-0.15, -0.1) is 0 Å². The van der Waals surface area contributed by atoms with Crippen molar-refractivity contribution in [2.75, 3.05) is 37.6 Å². The molecule has 0 radical (unpaired) electrons. The molecule has 27 heavy (non-hydrogen) atoms. The summed E-state index contributed by atoms with van der Waals surface area (Å²) in [7, 11) is 2.93. The molecule has 150 valence electrons. The summed E-state index contributed by atoms with van der Waals surface area (Å²) in [4.78, 5) is 28.3. The molecule has 7 nitrogen and oxygen atoms in total. The van der Waals surface area contributed by atoms with Crippen LogP contribution in [0.1, 0.15) is 31.7 Å². The van der Waals surface area contributed by atoms with Crippen LogP contribution in [0.2, 0.25) is 0 Å². The zero-order chi connectivity index (χ0) is 20.2.